The molecule has 6 heteroatoms. The van der Waals surface area contributed by atoms with Gasteiger partial charge in [0.05, 0.1) is 6.54 Å². The SMILES string of the molecule is CCCN1CC(=O)N(Cc2cc(Cl)ccc2F)[C@H](C)C1=O. The van der Waals surface area contributed by atoms with Crippen molar-refractivity contribution in [2.75, 3.05) is 13.1 Å². The number of carbonyl (C=O) groups excluding carboxylic acids is 2. The molecule has 2 amide bonds. The van der Waals surface area contributed by atoms with E-state index in [9.17, 15) is 14.0 Å². The molecule has 4 nitrogen and oxygen atoms in total. The molecule has 1 aliphatic rings. The third kappa shape index (κ3) is 3.35. The lowest BCUT2D eigenvalue weighted by Crippen LogP contribution is -2.58. The summed E-state index contributed by atoms with van der Waals surface area (Å²) in [5, 5.41) is 0.405. The maximum atomic E-state index is 13.8. The predicted octanol–water partition coefficient (Wildman–Crippen LogP) is 2.45. The van der Waals surface area contributed by atoms with Crippen LogP contribution in [-0.4, -0.2) is 40.7 Å². The molecular formula is C15H18ClFN2O2. The Morgan fingerprint density at radius 2 is 2.10 bits per heavy atom. The molecule has 0 N–H and O–H groups in total. The van der Waals surface area contributed by atoms with Crippen molar-refractivity contribution in [3.63, 3.8) is 0 Å². The van der Waals surface area contributed by atoms with E-state index in [0.717, 1.165) is 6.42 Å². The molecule has 1 aromatic carbocycles. The van der Waals surface area contributed by atoms with Crippen molar-refractivity contribution < 1.29 is 14.0 Å². The number of rotatable bonds is 4. The molecule has 2 rings (SSSR count). The van der Waals surface area contributed by atoms with Gasteiger partial charge < -0.3 is 9.80 Å². The summed E-state index contributed by atoms with van der Waals surface area (Å²) in [6.07, 6.45) is 0.800. The van der Waals surface area contributed by atoms with Crippen molar-refractivity contribution in [2.24, 2.45) is 0 Å². The first kappa shape index (κ1) is 15.8. The van der Waals surface area contributed by atoms with Gasteiger partial charge in [-0.15, -0.1) is 0 Å². The lowest BCUT2D eigenvalue weighted by molar-refractivity contribution is -0.155. The Labute approximate surface area is 128 Å². The molecule has 21 heavy (non-hydrogen) atoms. The standard InChI is InChI=1S/C15H18ClFN2O2/c1-3-6-18-9-14(20)19(10(2)15(18)21)8-11-7-12(16)4-5-13(11)17/h4-5,7,10H,3,6,8-9H2,1-2H3/t10-/m1/s1. The van der Waals surface area contributed by atoms with Crippen LogP contribution in [0.25, 0.3) is 0 Å². The van der Waals surface area contributed by atoms with Gasteiger partial charge in [-0.1, -0.05) is 18.5 Å². The Kier molecular flexibility index (Phi) is 4.83. The molecule has 1 heterocycles. The second-order valence-electron chi connectivity index (χ2n) is 5.19. The number of hydrogen-bond donors (Lipinski definition) is 0. The maximum absolute atomic E-state index is 13.8. The number of nitrogens with zero attached hydrogens (tertiary/aromatic N) is 2. The van der Waals surface area contributed by atoms with Crippen LogP contribution in [0.3, 0.4) is 0 Å². The Bertz CT molecular complexity index is 565. The normalized spacial score (nSPS) is 19.3. The molecule has 1 atom stereocenters. The minimum absolute atomic E-state index is 0.0537. The van der Waals surface area contributed by atoms with Crippen LogP contribution in [-0.2, 0) is 16.1 Å². The van der Waals surface area contributed by atoms with E-state index in [2.05, 4.69) is 0 Å². The summed E-state index contributed by atoms with van der Waals surface area (Å²) in [6, 6.07) is 3.62. The summed E-state index contributed by atoms with van der Waals surface area (Å²) in [7, 11) is 0. The Morgan fingerprint density at radius 1 is 1.38 bits per heavy atom. The van der Waals surface area contributed by atoms with E-state index in [1.807, 2.05) is 6.92 Å². The summed E-state index contributed by atoms with van der Waals surface area (Å²) in [5.41, 5.74) is 0.319. The fourth-order valence-electron chi connectivity index (χ4n) is 2.48. The third-order valence-corrected chi connectivity index (χ3v) is 3.86. The van der Waals surface area contributed by atoms with Crippen LogP contribution >= 0.6 is 11.6 Å². The van der Waals surface area contributed by atoms with Crippen molar-refractivity contribution in [3.8, 4) is 0 Å². The second kappa shape index (κ2) is 6.43. The zero-order valence-corrected chi connectivity index (χ0v) is 12.9. The summed E-state index contributed by atoms with van der Waals surface area (Å²) in [6.45, 7) is 4.30. The van der Waals surface area contributed by atoms with Crippen molar-refractivity contribution in [1.29, 1.82) is 0 Å². The number of benzene rings is 1. The summed E-state index contributed by atoms with van der Waals surface area (Å²) in [5.74, 6) is -0.698. The first-order valence-corrected chi connectivity index (χ1v) is 7.34. The highest BCUT2D eigenvalue weighted by Crippen LogP contribution is 2.20. The van der Waals surface area contributed by atoms with Gasteiger partial charge in [0.15, 0.2) is 0 Å². The highest BCUT2D eigenvalue weighted by atomic mass is 35.5. The van der Waals surface area contributed by atoms with Gasteiger partial charge in [-0.2, -0.15) is 0 Å². The first-order chi connectivity index (χ1) is 9.93. The van der Waals surface area contributed by atoms with Gasteiger partial charge in [0.1, 0.15) is 11.9 Å². The topological polar surface area (TPSA) is 40.6 Å². The van der Waals surface area contributed by atoms with Gasteiger partial charge in [-0.05, 0) is 31.5 Å². The molecule has 0 bridgehead atoms. The van der Waals surface area contributed by atoms with Gasteiger partial charge in [-0.3, -0.25) is 9.59 Å². The molecule has 0 aliphatic carbocycles. The van der Waals surface area contributed by atoms with E-state index in [4.69, 9.17) is 11.6 Å². The van der Waals surface area contributed by atoms with E-state index in [1.165, 1.54) is 23.1 Å². The number of piperazine rings is 1. The van der Waals surface area contributed by atoms with Crippen LogP contribution in [0.15, 0.2) is 18.2 Å². The number of halogens is 2. The van der Waals surface area contributed by atoms with Gasteiger partial charge in [0, 0.05) is 23.7 Å². The second-order valence-corrected chi connectivity index (χ2v) is 5.63. The van der Waals surface area contributed by atoms with Crippen LogP contribution in [0, 0.1) is 5.82 Å². The van der Waals surface area contributed by atoms with E-state index < -0.39 is 11.9 Å². The molecular weight excluding hydrogens is 295 g/mol. The minimum Gasteiger partial charge on any atom is -0.332 e. The summed E-state index contributed by atoms with van der Waals surface area (Å²) >= 11 is 5.86. The van der Waals surface area contributed by atoms with E-state index in [-0.39, 0.29) is 24.9 Å². The predicted molar refractivity (Wildman–Crippen MR) is 78.3 cm³/mol. The summed E-state index contributed by atoms with van der Waals surface area (Å²) < 4.78 is 13.8. The molecule has 0 radical (unpaired) electrons. The average molecular weight is 313 g/mol. The van der Waals surface area contributed by atoms with Crippen molar-refractivity contribution in [1.82, 2.24) is 9.80 Å². The molecule has 0 saturated carbocycles. The molecule has 0 unspecified atom stereocenters. The highest BCUT2D eigenvalue weighted by molar-refractivity contribution is 6.30. The smallest absolute Gasteiger partial charge is 0.245 e. The lowest BCUT2D eigenvalue weighted by Gasteiger charge is -2.38. The van der Waals surface area contributed by atoms with Crippen LogP contribution in [0.4, 0.5) is 4.39 Å². The van der Waals surface area contributed by atoms with Crippen molar-refractivity contribution in [3.05, 3.63) is 34.6 Å². The van der Waals surface area contributed by atoms with Crippen LogP contribution in [0.2, 0.25) is 5.02 Å². The Hall–Kier alpha value is -1.62. The van der Waals surface area contributed by atoms with Gasteiger partial charge in [0.25, 0.3) is 0 Å². The number of carbonyl (C=O) groups is 2. The fourth-order valence-corrected chi connectivity index (χ4v) is 2.67. The Morgan fingerprint density at radius 3 is 2.76 bits per heavy atom. The quantitative estimate of drug-likeness (QED) is 0.857. The van der Waals surface area contributed by atoms with Gasteiger partial charge in [-0.25, -0.2) is 4.39 Å². The fraction of sp³-hybridized carbons (Fsp3) is 0.467. The van der Waals surface area contributed by atoms with Crippen LogP contribution in [0.5, 0.6) is 0 Å². The molecule has 0 aromatic heterocycles. The highest BCUT2D eigenvalue weighted by Gasteiger charge is 2.36. The van der Waals surface area contributed by atoms with E-state index >= 15 is 0 Å². The van der Waals surface area contributed by atoms with Crippen molar-refractivity contribution in [2.45, 2.75) is 32.9 Å². The minimum atomic E-state index is -0.587. The monoisotopic (exact) mass is 312 g/mol. The third-order valence-electron chi connectivity index (χ3n) is 3.63. The lowest BCUT2D eigenvalue weighted by atomic mass is 10.1. The van der Waals surface area contributed by atoms with E-state index in [0.29, 0.717) is 17.1 Å². The van der Waals surface area contributed by atoms with Gasteiger partial charge >= 0.3 is 0 Å². The molecule has 1 fully saturated rings. The zero-order chi connectivity index (χ0) is 15.6. The molecule has 0 spiro atoms. The van der Waals surface area contributed by atoms with E-state index in [1.54, 1.807) is 11.8 Å². The summed E-state index contributed by atoms with van der Waals surface area (Å²) in [4.78, 5) is 27.4. The van der Waals surface area contributed by atoms with Crippen LogP contribution in [0.1, 0.15) is 25.8 Å². The number of hydrogen-bond acceptors (Lipinski definition) is 2. The van der Waals surface area contributed by atoms with Crippen molar-refractivity contribution >= 4 is 23.4 Å². The average Bonchev–Trinajstić information content (AvgIpc) is 2.44. The zero-order valence-electron chi connectivity index (χ0n) is 12.1. The molecule has 1 aliphatic heterocycles. The number of amides is 2. The molecule has 114 valence electrons. The molecule has 1 saturated heterocycles. The van der Waals surface area contributed by atoms with Gasteiger partial charge in [0.2, 0.25) is 11.8 Å². The first-order valence-electron chi connectivity index (χ1n) is 6.96. The molecule has 1 aromatic rings. The Balaban J connectivity index is 2.18. The van der Waals surface area contributed by atoms with Crippen LogP contribution < -0.4 is 0 Å². The maximum Gasteiger partial charge on any atom is 0.245 e. The largest absolute Gasteiger partial charge is 0.332 e.